The van der Waals surface area contributed by atoms with E-state index in [-0.39, 0.29) is 30.0 Å². The molecule has 1 aliphatic heterocycles. The van der Waals surface area contributed by atoms with Crippen molar-refractivity contribution >= 4 is 23.3 Å². The van der Waals surface area contributed by atoms with Crippen molar-refractivity contribution in [1.29, 1.82) is 0 Å². The molecule has 3 aliphatic rings. The smallest absolute Gasteiger partial charge is 0.461 e. The van der Waals surface area contributed by atoms with Crippen molar-refractivity contribution in [1.82, 2.24) is 24.6 Å². The zero-order chi connectivity index (χ0) is 28.0. The number of halogens is 3. The first-order valence-corrected chi connectivity index (χ1v) is 13.4. The van der Waals surface area contributed by atoms with E-state index in [9.17, 15) is 18.0 Å². The van der Waals surface area contributed by atoms with Gasteiger partial charge < -0.3 is 24.6 Å². The Morgan fingerprint density at radius 2 is 1.93 bits per heavy atom. The number of benzene rings is 1. The Kier molecular flexibility index (Phi) is 6.77. The van der Waals surface area contributed by atoms with Crippen molar-refractivity contribution in [3.05, 3.63) is 41.2 Å². The van der Waals surface area contributed by atoms with E-state index in [1.165, 1.54) is 6.07 Å². The van der Waals surface area contributed by atoms with Crippen molar-refractivity contribution in [2.45, 2.75) is 45.0 Å². The molecule has 0 bridgehead atoms. The molecule has 2 fully saturated rings. The number of alkyl halides is 3. The van der Waals surface area contributed by atoms with Gasteiger partial charge in [0.15, 0.2) is 11.4 Å². The lowest BCUT2D eigenvalue weighted by molar-refractivity contribution is -0.274. The van der Waals surface area contributed by atoms with Gasteiger partial charge in [0.1, 0.15) is 0 Å². The third kappa shape index (κ3) is 5.29. The molecule has 3 heterocycles. The number of carbonyl (C=O) groups is 1. The molecule has 1 saturated carbocycles. The first-order chi connectivity index (χ1) is 19.2. The summed E-state index contributed by atoms with van der Waals surface area (Å²) in [5, 5.41) is 7.59. The molecule has 2 aliphatic carbocycles. The van der Waals surface area contributed by atoms with Gasteiger partial charge in [0, 0.05) is 43.6 Å². The van der Waals surface area contributed by atoms with E-state index < -0.39 is 12.3 Å². The number of carbonyl (C=O) groups excluding carboxylic acids is 1. The third-order valence-corrected chi connectivity index (χ3v) is 7.41. The van der Waals surface area contributed by atoms with Gasteiger partial charge in [0.05, 0.1) is 29.7 Å². The first kappa shape index (κ1) is 26.4. The lowest BCUT2D eigenvalue weighted by atomic mass is 9.93. The largest absolute Gasteiger partial charge is 0.573 e. The summed E-state index contributed by atoms with van der Waals surface area (Å²) in [6, 6.07) is 4.74. The average Bonchev–Trinajstić information content (AvgIpc) is 3.69. The SMILES string of the molecule is CCOC(=O)c1nn(C2CC2)c2c1CCc1cnc(Nc3cc(N4CCN(C)CC4)ccc3OC(F)(F)F)nc1-2. The molecule has 1 saturated heterocycles. The van der Waals surface area contributed by atoms with Crippen LogP contribution in [0, 0.1) is 0 Å². The summed E-state index contributed by atoms with van der Waals surface area (Å²) in [5.74, 6) is -0.723. The second kappa shape index (κ2) is 10.3. The molecule has 0 unspecified atom stereocenters. The number of nitrogens with one attached hydrogen (secondary N) is 1. The summed E-state index contributed by atoms with van der Waals surface area (Å²) < 4.78 is 51.2. The third-order valence-electron chi connectivity index (χ3n) is 7.41. The van der Waals surface area contributed by atoms with Crippen LogP contribution in [0.5, 0.6) is 5.75 Å². The minimum absolute atomic E-state index is 0.104. The predicted molar refractivity (Wildman–Crippen MR) is 141 cm³/mol. The van der Waals surface area contributed by atoms with Crippen LogP contribution >= 0.6 is 0 Å². The maximum atomic E-state index is 13.3. The van der Waals surface area contributed by atoms with Gasteiger partial charge in [0.2, 0.25) is 5.95 Å². The molecular formula is C27H30F3N7O3. The lowest BCUT2D eigenvalue weighted by Crippen LogP contribution is -2.44. The molecule has 1 N–H and O–H groups in total. The number of rotatable bonds is 7. The Morgan fingerprint density at radius 1 is 1.15 bits per heavy atom. The second-order valence-corrected chi connectivity index (χ2v) is 10.3. The molecule has 2 aromatic heterocycles. The quantitative estimate of drug-likeness (QED) is 0.426. The number of esters is 1. The summed E-state index contributed by atoms with van der Waals surface area (Å²) >= 11 is 0. The van der Waals surface area contributed by atoms with Gasteiger partial charge in [-0.1, -0.05) is 0 Å². The minimum atomic E-state index is -4.86. The van der Waals surface area contributed by atoms with Crippen LogP contribution in [0.1, 0.15) is 47.4 Å². The molecule has 13 heteroatoms. The van der Waals surface area contributed by atoms with Gasteiger partial charge in [-0.15, -0.1) is 13.2 Å². The van der Waals surface area contributed by atoms with E-state index in [1.807, 2.05) is 11.7 Å². The second-order valence-electron chi connectivity index (χ2n) is 10.3. The molecule has 3 aromatic rings. The summed E-state index contributed by atoms with van der Waals surface area (Å²) in [4.78, 5) is 26.1. The van der Waals surface area contributed by atoms with Crippen molar-refractivity contribution in [3.63, 3.8) is 0 Å². The standard InChI is InChI=1S/C27H30F3N7O3/c1-3-39-25(38)23-19-8-4-16-15-31-26(33-22(16)24(19)37(34-23)17-5-6-17)32-20-14-18(36-12-10-35(2)11-13-36)7-9-21(20)40-27(28,29)30/h7,9,14-15,17H,3-6,8,10-13H2,1-2H3,(H,31,32,33). The molecule has 0 amide bonds. The summed E-state index contributed by atoms with van der Waals surface area (Å²) in [6.07, 6.45) is -0.102. The molecule has 212 valence electrons. The highest BCUT2D eigenvalue weighted by Crippen LogP contribution is 2.43. The number of aromatic nitrogens is 4. The number of nitrogens with zero attached hydrogens (tertiary/aromatic N) is 6. The maximum Gasteiger partial charge on any atom is 0.573 e. The Labute approximate surface area is 229 Å². The van der Waals surface area contributed by atoms with E-state index in [1.54, 1.807) is 25.3 Å². The van der Waals surface area contributed by atoms with Crippen LogP contribution in [0.4, 0.5) is 30.5 Å². The monoisotopic (exact) mass is 557 g/mol. The number of aryl methyl sites for hydroxylation is 1. The van der Waals surface area contributed by atoms with Crippen LogP contribution in [0.15, 0.2) is 24.4 Å². The Bertz CT molecular complexity index is 1430. The van der Waals surface area contributed by atoms with Crippen molar-refractivity contribution in [3.8, 4) is 17.1 Å². The van der Waals surface area contributed by atoms with Crippen LogP contribution in [-0.4, -0.2) is 76.8 Å². The fourth-order valence-electron chi connectivity index (χ4n) is 5.23. The first-order valence-electron chi connectivity index (χ1n) is 13.4. The highest BCUT2D eigenvalue weighted by atomic mass is 19.4. The topological polar surface area (TPSA) is 97.6 Å². The fourth-order valence-corrected chi connectivity index (χ4v) is 5.23. The number of ether oxygens (including phenoxy) is 2. The molecule has 10 nitrogen and oxygen atoms in total. The fraction of sp³-hybridized carbons (Fsp3) is 0.481. The number of anilines is 3. The zero-order valence-electron chi connectivity index (χ0n) is 22.3. The van der Waals surface area contributed by atoms with Crippen LogP contribution < -0.4 is 15.0 Å². The average molecular weight is 558 g/mol. The molecule has 40 heavy (non-hydrogen) atoms. The van der Waals surface area contributed by atoms with E-state index in [2.05, 4.69) is 29.9 Å². The van der Waals surface area contributed by atoms with Gasteiger partial charge in [0.25, 0.3) is 0 Å². The van der Waals surface area contributed by atoms with E-state index in [0.29, 0.717) is 24.2 Å². The van der Waals surface area contributed by atoms with Crippen molar-refractivity contribution in [2.24, 2.45) is 0 Å². The normalized spacial score (nSPS) is 17.3. The number of hydrogen-bond acceptors (Lipinski definition) is 9. The van der Waals surface area contributed by atoms with Crippen molar-refractivity contribution in [2.75, 3.05) is 50.1 Å². The highest BCUT2D eigenvalue weighted by Gasteiger charge is 2.36. The van der Waals surface area contributed by atoms with Crippen LogP contribution in [0.25, 0.3) is 11.4 Å². The predicted octanol–water partition coefficient (Wildman–Crippen LogP) is 4.34. The number of piperazine rings is 1. The van der Waals surface area contributed by atoms with E-state index in [4.69, 9.17) is 9.72 Å². The summed E-state index contributed by atoms with van der Waals surface area (Å²) in [7, 11) is 2.04. The Morgan fingerprint density at radius 3 is 2.62 bits per heavy atom. The van der Waals surface area contributed by atoms with Crippen LogP contribution in [0.2, 0.25) is 0 Å². The molecular weight excluding hydrogens is 527 g/mol. The molecule has 6 rings (SSSR count). The highest BCUT2D eigenvalue weighted by molar-refractivity contribution is 5.92. The van der Waals surface area contributed by atoms with Crippen LogP contribution in [-0.2, 0) is 17.6 Å². The van der Waals surface area contributed by atoms with Gasteiger partial charge in [-0.25, -0.2) is 14.8 Å². The number of fused-ring (bicyclic) bond motifs is 3. The zero-order valence-corrected chi connectivity index (χ0v) is 22.3. The van der Waals surface area contributed by atoms with Gasteiger partial charge in [-0.2, -0.15) is 5.10 Å². The summed E-state index contributed by atoms with van der Waals surface area (Å²) in [6.45, 7) is 5.19. The molecule has 0 spiro atoms. The van der Waals surface area contributed by atoms with Gasteiger partial charge >= 0.3 is 12.3 Å². The van der Waals surface area contributed by atoms with E-state index in [0.717, 1.165) is 61.5 Å². The number of hydrogen-bond donors (Lipinski definition) is 1. The molecule has 0 atom stereocenters. The molecule has 0 radical (unpaired) electrons. The lowest BCUT2D eigenvalue weighted by Gasteiger charge is -2.34. The molecule has 1 aromatic carbocycles. The van der Waals surface area contributed by atoms with Crippen LogP contribution in [0.3, 0.4) is 0 Å². The Hall–Kier alpha value is -3.87. The number of likely N-dealkylation sites (N-methyl/N-ethyl adjacent to an activating group) is 1. The summed E-state index contributed by atoms with van der Waals surface area (Å²) in [5.41, 5.74) is 4.19. The minimum Gasteiger partial charge on any atom is -0.461 e. The Balaban J connectivity index is 1.37. The van der Waals surface area contributed by atoms with Gasteiger partial charge in [-0.05, 0) is 63.4 Å². The van der Waals surface area contributed by atoms with E-state index >= 15 is 0 Å². The van der Waals surface area contributed by atoms with Crippen molar-refractivity contribution < 1.29 is 27.4 Å². The van der Waals surface area contributed by atoms with Gasteiger partial charge in [-0.3, -0.25) is 4.68 Å². The maximum absolute atomic E-state index is 13.3.